The average molecular weight is 918 g/mol. The summed E-state index contributed by atoms with van der Waals surface area (Å²) in [4.78, 5) is 20.8. The second-order valence-corrected chi connectivity index (χ2v) is 19.1. The minimum absolute atomic E-state index is 0.00150. The van der Waals surface area contributed by atoms with Gasteiger partial charge in [0.05, 0.1) is 28.3 Å². The van der Waals surface area contributed by atoms with Gasteiger partial charge in [0, 0.05) is 60.0 Å². The highest BCUT2D eigenvalue weighted by molar-refractivity contribution is 7.87. The van der Waals surface area contributed by atoms with Crippen LogP contribution in [0.3, 0.4) is 0 Å². The van der Waals surface area contributed by atoms with Crippen LogP contribution in [0.15, 0.2) is 126 Å². The fourth-order valence-electron chi connectivity index (χ4n) is 6.46. The van der Waals surface area contributed by atoms with Crippen molar-refractivity contribution in [2.45, 2.75) is 39.1 Å². The molecular weight excluding hydrogens is 883 g/mol. The van der Waals surface area contributed by atoms with Crippen molar-refractivity contribution in [3.8, 4) is 22.5 Å². The number of nitrogens with one attached hydrogen (secondary N) is 1. The Morgan fingerprint density at radius 3 is 1.97 bits per heavy atom. The molecule has 1 aliphatic carbocycles. The first-order valence-corrected chi connectivity index (χ1v) is 23.3. The SMILES string of the molecule is CN(CCCOO)C(=O)c1ccccc1-c1c2cc/c(=N/Cc3ccc(S(=O)(=O)O)cc3S(=O)(=O)O)cc-2oc2cc(NCc3ccc(S(=O)(=O)O)cc3S(=O)(=O)O)ccc12. The van der Waals surface area contributed by atoms with Crippen LogP contribution in [0.4, 0.5) is 5.69 Å². The average Bonchev–Trinajstić information content (AvgIpc) is 3.19. The topological polar surface area (TPSA) is 305 Å². The molecule has 0 unspecified atom stereocenters. The summed E-state index contributed by atoms with van der Waals surface area (Å²) < 4.78 is 140. The molecule has 0 aromatic heterocycles. The molecule has 0 spiro atoms. The molecular formula is C38H35N3O16S4. The predicted octanol–water partition coefficient (Wildman–Crippen LogP) is 4.86. The number of fused-ring (bicyclic) bond motifs is 2. The molecule has 0 saturated heterocycles. The number of rotatable bonds is 15. The van der Waals surface area contributed by atoms with Crippen molar-refractivity contribution in [3.05, 3.63) is 119 Å². The van der Waals surface area contributed by atoms with E-state index in [4.69, 9.17) is 9.67 Å². The Bertz CT molecular complexity index is 3190. The fraction of sp³-hybridized carbons (Fsp3) is 0.158. The molecule has 1 heterocycles. The van der Waals surface area contributed by atoms with Gasteiger partial charge < -0.3 is 14.6 Å². The Balaban J connectivity index is 1.49. The number of hydrogen-bond acceptors (Lipinski definition) is 14. The summed E-state index contributed by atoms with van der Waals surface area (Å²) in [6.45, 7) is -0.409. The molecule has 6 N–H and O–H groups in total. The van der Waals surface area contributed by atoms with Crippen LogP contribution in [0.2, 0.25) is 0 Å². The van der Waals surface area contributed by atoms with Crippen LogP contribution >= 0.6 is 0 Å². The molecule has 0 saturated carbocycles. The molecule has 4 aromatic carbocycles. The van der Waals surface area contributed by atoms with Gasteiger partial charge in [0.1, 0.15) is 21.1 Å². The molecule has 23 heteroatoms. The number of carbonyl (C=O) groups is 1. The van der Waals surface area contributed by atoms with Gasteiger partial charge in [-0.15, -0.1) is 0 Å². The van der Waals surface area contributed by atoms with Crippen molar-refractivity contribution in [2.75, 3.05) is 25.5 Å². The number of anilines is 1. The van der Waals surface area contributed by atoms with Crippen molar-refractivity contribution in [3.63, 3.8) is 0 Å². The van der Waals surface area contributed by atoms with Crippen LogP contribution in [-0.2, 0) is 58.4 Å². The van der Waals surface area contributed by atoms with Crippen molar-refractivity contribution in [1.82, 2.24) is 4.90 Å². The zero-order valence-electron chi connectivity index (χ0n) is 31.5. The van der Waals surface area contributed by atoms with Crippen LogP contribution in [0.1, 0.15) is 27.9 Å². The normalized spacial score (nSPS) is 12.9. The molecule has 19 nitrogen and oxygen atoms in total. The maximum atomic E-state index is 13.9. The Morgan fingerprint density at radius 1 is 0.721 bits per heavy atom. The summed E-state index contributed by atoms with van der Waals surface area (Å²) in [7, 11) is -18.0. The molecule has 322 valence electrons. The molecule has 4 aromatic rings. The first-order chi connectivity index (χ1) is 28.6. The first kappa shape index (κ1) is 44.9. The number of amides is 1. The third-order valence-corrected chi connectivity index (χ3v) is 12.9. The predicted molar refractivity (Wildman–Crippen MR) is 217 cm³/mol. The molecule has 0 fully saturated rings. The van der Waals surface area contributed by atoms with Gasteiger partial charge >= 0.3 is 0 Å². The van der Waals surface area contributed by atoms with E-state index in [1.165, 1.54) is 11.0 Å². The Morgan fingerprint density at radius 2 is 1.34 bits per heavy atom. The van der Waals surface area contributed by atoms with E-state index in [2.05, 4.69) is 15.2 Å². The van der Waals surface area contributed by atoms with Crippen LogP contribution in [0.25, 0.3) is 33.4 Å². The number of hydrogen-bond donors (Lipinski definition) is 6. The van der Waals surface area contributed by atoms with Crippen molar-refractivity contribution >= 4 is 63.0 Å². The summed E-state index contributed by atoms with van der Waals surface area (Å²) >= 11 is 0. The van der Waals surface area contributed by atoms with Gasteiger partial charge in [-0.05, 0) is 77.7 Å². The van der Waals surface area contributed by atoms with E-state index in [1.54, 1.807) is 61.6 Å². The Labute approximate surface area is 348 Å². The van der Waals surface area contributed by atoms with Crippen molar-refractivity contribution in [2.24, 2.45) is 4.99 Å². The third-order valence-electron chi connectivity index (χ3n) is 9.35. The number of nitrogens with zero attached hydrogens (tertiary/aromatic N) is 2. The summed E-state index contributed by atoms with van der Waals surface area (Å²) in [5.74, 6) is -0.146. The minimum atomic E-state index is -4.97. The maximum absolute atomic E-state index is 13.9. The molecule has 0 bridgehead atoms. The molecule has 0 atom stereocenters. The van der Waals surface area contributed by atoms with E-state index in [0.29, 0.717) is 51.9 Å². The lowest BCUT2D eigenvalue weighted by atomic mass is 9.90. The van der Waals surface area contributed by atoms with Gasteiger partial charge in [0.15, 0.2) is 0 Å². The molecule has 61 heavy (non-hydrogen) atoms. The smallest absolute Gasteiger partial charge is 0.294 e. The van der Waals surface area contributed by atoms with Gasteiger partial charge in [-0.1, -0.05) is 30.3 Å². The Hall–Kier alpha value is -5.60. The van der Waals surface area contributed by atoms with Crippen LogP contribution in [-0.4, -0.2) is 88.1 Å². The summed E-state index contributed by atoms with van der Waals surface area (Å²) in [6, 6.07) is 21.7. The van der Waals surface area contributed by atoms with Crippen LogP contribution < -0.4 is 10.7 Å². The van der Waals surface area contributed by atoms with E-state index in [9.17, 15) is 56.7 Å². The van der Waals surface area contributed by atoms with E-state index in [0.717, 1.165) is 24.3 Å². The number of benzene rings is 5. The summed E-state index contributed by atoms with van der Waals surface area (Å²) in [5.41, 5.74) is 2.25. The molecule has 6 rings (SSSR count). The molecule has 1 aliphatic heterocycles. The minimum Gasteiger partial charge on any atom is -0.456 e. The van der Waals surface area contributed by atoms with Gasteiger partial charge in [-0.2, -0.15) is 33.7 Å². The van der Waals surface area contributed by atoms with E-state index >= 15 is 0 Å². The summed E-state index contributed by atoms with van der Waals surface area (Å²) in [6.07, 6.45) is 0.339. The second-order valence-electron chi connectivity index (χ2n) is 13.4. The van der Waals surface area contributed by atoms with Crippen molar-refractivity contribution in [1.29, 1.82) is 0 Å². The second kappa shape index (κ2) is 17.4. The lowest BCUT2D eigenvalue weighted by Gasteiger charge is -2.21. The maximum Gasteiger partial charge on any atom is 0.294 e. The standard InChI is InChI=1S/C38H35N3O16S4/c1-41(15-4-16-56-43)38(42)30-6-3-2-5-29(30)37-31-13-9-25(39-21-23-7-11-27(58(44,45)46)19-35(23)60(50,51)52)17-33(31)57-34-18-26(10-14-32(34)37)40-22-24-8-12-28(59(47,48)49)20-36(24)61(53,54)55/h2-3,5-14,17-20,39,43H,4,15-16,21-22H2,1H3,(H,44,45,46)(H,47,48,49)(H,50,51,52)(H,53,54,55)/b40-26-. The molecule has 2 aliphatic rings. The van der Waals surface area contributed by atoms with Gasteiger partial charge in [0.2, 0.25) is 0 Å². The van der Waals surface area contributed by atoms with Crippen LogP contribution in [0, 0.1) is 0 Å². The zero-order valence-corrected chi connectivity index (χ0v) is 34.8. The lowest BCUT2D eigenvalue weighted by molar-refractivity contribution is -0.242. The van der Waals surface area contributed by atoms with Crippen LogP contribution in [0.5, 0.6) is 0 Å². The number of carbonyl (C=O) groups excluding carboxylic acids is 1. The first-order valence-electron chi connectivity index (χ1n) is 17.6. The quantitative estimate of drug-likeness (QED) is 0.0263. The van der Waals surface area contributed by atoms with Crippen molar-refractivity contribution < 1.29 is 71.2 Å². The van der Waals surface area contributed by atoms with Gasteiger partial charge in [-0.25, -0.2) is 4.89 Å². The highest BCUT2D eigenvalue weighted by Crippen LogP contribution is 2.42. The lowest BCUT2D eigenvalue weighted by Crippen LogP contribution is -2.28. The van der Waals surface area contributed by atoms with Gasteiger partial charge in [0.25, 0.3) is 46.4 Å². The molecule has 0 radical (unpaired) electrons. The molecule has 1 amide bonds. The largest absolute Gasteiger partial charge is 0.456 e. The Kier molecular flexibility index (Phi) is 12.8. The highest BCUT2D eigenvalue weighted by atomic mass is 32.2. The van der Waals surface area contributed by atoms with E-state index in [-0.39, 0.29) is 60.0 Å². The zero-order chi connectivity index (χ0) is 44.5. The van der Waals surface area contributed by atoms with E-state index in [1.807, 2.05) is 0 Å². The monoisotopic (exact) mass is 917 g/mol. The van der Waals surface area contributed by atoms with Gasteiger partial charge in [-0.3, -0.25) is 33.3 Å². The third kappa shape index (κ3) is 10.3. The van der Waals surface area contributed by atoms with E-state index < -0.39 is 60.1 Å². The summed E-state index contributed by atoms with van der Waals surface area (Å²) in [5, 5.41) is 12.5. The highest BCUT2D eigenvalue weighted by Gasteiger charge is 2.25. The fourth-order valence-corrected chi connectivity index (χ4v) is 9.11.